The lowest BCUT2D eigenvalue weighted by atomic mass is 10.3. The predicted octanol–water partition coefficient (Wildman–Crippen LogP) is 1.47. The zero-order chi connectivity index (χ0) is 9.40. The molecule has 0 aliphatic rings. The summed E-state index contributed by atoms with van der Waals surface area (Å²) in [7, 11) is 0. The normalized spacial score (nSPS) is 16.0. The van der Waals surface area contributed by atoms with Gasteiger partial charge in [-0.05, 0) is 19.8 Å². The number of hydrogen-bond donors (Lipinski definition) is 2. The summed E-state index contributed by atoms with van der Waals surface area (Å²) < 4.78 is 5.10. The Kier molecular flexibility index (Phi) is 7.45. The van der Waals surface area contributed by atoms with E-state index < -0.39 is 6.29 Å². The van der Waals surface area contributed by atoms with Gasteiger partial charge in [-0.3, -0.25) is 5.32 Å². The first-order chi connectivity index (χ1) is 5.70. The number of ether oxygens (including phenoxy) is 1. The highest BCUT2D eigenvalue weighted by Gasteiger charge is 2.02. The lowest BCUT2D eigenvalue weighted by molar-refractivity contribution is -0.110. The van der Waals surface area contributed by atoms with E-state index in [1.807, 2.05) is 6.92 Å². The summed E-state index contributed by atoms with van der Waals surface area (Å²) in [6.07, 6.45) is 2.13. The van der Waals surface area contributed by atoms with E-state index in [0.717, 1.165) is 12.8 Å². The Hall–Kier alpha value is -0.120. The van der Waals surface area contributed by atoms with Crippen LogP contribution in [0.5, 0.6) is 0 Å². The monoisotopic (exact) mass is 175 g/mol. The second-order valence-electron chi connectivity index (χ2n) is 3.07. The smallest absolute Gasteiger partial charge is 0.156 e. The molecule has 2 unspecified atom stereocenters. The topological polar surface area (TPSA) is 41.5 Å². The molecule has 0 bridgehead atoms. The average molecular weight is 175 g/mol. The van der Waals surface area contributed by atoms with Crippen molar-refractivity contribution in [1.82, 2.24) is 5.32 Å². The van der Waals surface area contributed by atoms with Gasteiger partial charge in [-0.1, -0.05) is 20.3 Å². The Bertz CT molecular complexity index is 98.5. The first-order valence-electron chi connectivity index (χ1n) is 4.73. The van der Waals surface area contributed by atoms with Gasteiger partial charge < -0.3 is 9.84 Å². The third-order valence-electron chi connectivity index (χ3n) is 1.86. The summed E-state index contributed by atoms with van der Waals surface area (Å²) in [4.78, 5) is 0. The Morgan fingerprint density at radius 1 is 1.42 bits per heavy atom. The Morgan fingerprint density at radius 2 is 2.08 bits per heavy atom. The SMILES string of the molecule is CCCC(O)OCNC(C)CC. The molecule has 3 heteroatoms. The number of hydrogen-bond acceptors (Lipinski definition) is 3. The molecule has 0 aromatic carbocycles. The van der Waals surface area contributed by atoms with Crippen LogP contribution in [0.3, 0.4) is 0 Å². The van der Waals surface area contributed by atoms with Crippen molar-refractivity contribution >= 4 is 0 Å². The summed E-state index contributed by atoms with van der Waals surface area (Å²) in [5.41, 5.74) is 0. The molecule has 0 spiro atoms. The molecule has 0 aliphatic carbocycles. The lowest BCUT2D eigenvalue weighted by Crippen LogP contribution is -2.30. The molecule has 2 N–H and O–H groups in total. The molecule has 0 rings (SSSR count). The van der Waals surface area contributed by atoms with E-state index in [-0.39, 0.29) is 0 Å². The van der Waals surface area contributed by atoms with E-state index in [1.54, 1.807) is 0 Å². The third-order valence-corrected chi connectivity index (χ3v) is 1.86. The van der Waals surface area contributed by atoms with E-state index in [2.05, 4.69) is 19.2 Å². The van der Waals surface area contributed by atoms with Crippen molar-refractivity contribution in [1.29, 1.82) is 0 Å². The fraction of sp³-hybridized carbons (Fsp3) is 1.00. The summed E-state index contributed by atoms with van der Waals surface area (Å²) in [6.45, 7) is 6.67. The van der Waals surface area contributed by atoms with Crippen LogP contribution >= 0.6 is 0 Å². The van der Waals surface area contributed by atoms with Gasteiger partial charge in [0.25, 0.3) is 0 Å². The van der Waals surface area contributed by atoms with E-state index in [0.29, 0.717) is 19.2 Å². The van der Waals surface area contributed by atoms with Crippen LogP contribution in [0.1, 0.15) is 40.0 Å². The van der Waals surface area contributed by atoms with Gasteiger partial charge >= 0.3 is 0 Å². The van der Waals surface area contributed by atoms with Crippen molar-refractivity contribution in [3.8, 4) is 0 Å². The quantitative estimate of drug-likeness (QED) is 0.576. The van der Waals surface area contributed by atoms with E-state index in [4.69, 9.17) is 4.74 Å². The molecule has 0 heterocycles. The Labute approximate surface area is 75.1 Å². The predicted molar refractivity (Wildman–Crippen MR) is 49.8 cm³/mol. The molecule has 0 fully saturated rings. The Morgan fingerprint density at radius 3 is 2.58 bits per heavy atom. The van der Waals surface area contributed by atoms with Crippen molar-refractivity contribution in [2.45, 2.75) is 52.4 Å². The van der Waals surface area contributed by atoms with Crippen molar-refractivity contribution in [2.24, 2.45) is 0 Å². The summed E-state index contributed by atoms with van der Waals surface area (Å²) in [5, 5.41) is 12.3. The molecule has 2 atom stereocenters. The number of nitrogens with one attached hydrogen (secondary N) is 1. The Balaban J connectivity index is 3.18. The standard InChI is InChI=1S/C9H21NO2/c1-4-6-9(11)12-7-10-8(3)5-2/h8-11H,4-7H2,1-3H3. The number of rotatable bonds is 7. The molecule has 0 amide bonds. The molecular formula is C9H21NO2. The zero-order valence-corrected chi connectivity index (χ0v) is 8.34. The molecule has 0 aromatic heterocycles. The maximum absolute atomic E-state index is 9.17. The van der Waals surface area contributed by atoms with Gasteiger partial charge in [0, 0.05) is 6.04 Å². The molecule has 0 saturated heterocycles. The van der Waals surface area contributed by atoms with Crippen LogP contribution in [-0.2, 0) is 4.74 Å². The van der Waals surface area contributed by atoms with Crippen LogP contribution in [-0.4, -0.2) is 24.2 Å². The number of aliphatic hydroxyl groups excluding tert-OH is 1. The largest absolute Gasteiger partial charge is 0.368 e. The highest BCUT2D eigenvalue weighted by molar-refractivity contribution is 4.52. The minimum absolute atomic E-state index is 0.441. The van der Waals surface area contributed by atoms with Crippen LogP contribution in [0.25, 0.3) is 0 Å². The summed E-state index contributed by atoms with van der Waals surface area (Å²) >= 11 is 0. The minimum atomic E-state index is -0.605. The lowest BCUT2D eigenvalue weighted by Gasteiger charge is -2.14. The van der Waals surface area contributed by atoms with Gasteiger partial charge in [-0.15, -0.1) is 0 Å². The van der Waals surface area contributed by atoms with Gasteiger partial charge in [-0.25, -0.2) is 0 Å². The molecule has 3 nitrogen and oxygen atoms in total. The average Bonchev–Trinajstić information content (AvgIpc) is 2.04. The maximum Gasteiger partial charge on any atom is 0.156 e. The third kappa shape index (κ3) is 6.58. The number of aliphatic hydroxyl groups is 1. The summed E-state index contributed by atoms with van der Waals surface area (Å²) in [6, 6.07) is 0.457. The van der Waals surface area contributed by atoms with Crippen LogP contribution in [0.4, 0.5) is 0 Å². The van der Waals surface area contributed by atoms with Crippen molar-refractivity contribution in [3.05, 3.63) is 0 Å². The molecule has 0 aromatic rings. The van der Waals surface area contributed by atoms with E-state index in [9.17, 15) is 5.11 Å². The van der Waals surface area contributed by atoms with Gasteiger partial charge in [0.2, 0.25) is 0 Å². The van der Waals surface area contributed by atoms with Crippen molar-refractivity contribution < 1.29 is 9.84 Å². The zero-order valence-electron chi connectivity index (χ0n) is 8.34. The second-order valence-corrected chi connectivity index (χ2v) is 3.07. The molecule has 0 radical (unpaired) electrons. The first-order valence-corrected chi connectivity index (χ1v) is 4.73. The first kappa shape index (κ1) is 11.9. The molecule has 0 aliphatic heterocycles. The van der Waals surface area contributed by atoms with Gasteiger partial charge in [-0.2, -0.15) is 0 Å². The maximum atomic E-state index is 9.17. The van der Waals surface area contributed by atoms with Crippen LogP contribution < -0.4 is 5.32 Å². The van der Waals surface area contributed by atoms with E-state index in [1.165, 1.54) is 0 Å². The van der Waals surface area contributed by atoms with Crippen molar-refractivity contribution in [2.75, 3.05) is 6.73 Å². The summed E-state index contributed by atoms with van der Waals surface area (Å²) in [5.74, 6) is 0. The molecular weight excluding hydrogens is 154 g/mol. The van der Waals surface area contributed by atoms with Gasteiger partial charge in [0.15, 0.2) is 6.29 Å². The molecule has 74 valence electrons. The van der Waals surface area contributed by atoms with Crippen molar-refractivity contribution in [3.63, 3.8) is 0 Å². The fourth-order valence-electron chi connectivity index (χ4n) is 0.761. The van der Waals surface area contributed by atoms with E-state index >= 15 is 0 Å². The highest BCUT2D eigenvalue weighted by Crippen LogP contribution is 1.97. The highest BCUT2D eigenvalue weighted by atomic mass is 16.6. The second kappa shape index (κ2) is 7.53. The fourth-order valence-corrected chi connectivity index (χ4v) is 0.761. The molecule has 12 heavy (non-hydrogen) atoms. The van der Waals surface area contributed by atoms with Crippen LogP contribution in [0.2, 0.25) is 0 Å². The molecule has 0 saturated carbocycles. The minimum Gasteiger partial charge on any atom is -0.368 e. The van der Waals surface area contributed by atoms with Gasteiger partial charge in [0.05, 0.1) is 6.73 Å². The van der Waals surface area contributed by atoms with Crippen LogP contribution in [0, 0.1) is 0 Å². The van der Waals surface area contributed by atoms with Gasteiger partial charge in [0.1, 0.15) is 0 Å². The van der Waals surface area contributed by atoms with Crippen LogP contribution in [0.15, 0.2) is 0 Å².